The summed E-state index contributed by atoms with van der Waals surface area (Å²) in [5.41, 5.74) is -0.0219. The standard InChI is InChI=1S/C21H30FN3O3.C17H21F4N3O2/c1-4-17(26)24-18(19(27)25-11-9-20(2,28)10-12-25)21(7-8-21)14-5-6-16(23-3)15(22)13-14;18-16(19)4-1-12(2-5-16)13(10-25)23-15(26)14-3-6-22-24(14)9-11-7-17(20,21)8-11/h5-6,13,18,23,28H,4,7-12H2,1-3H3,(H,24,26);3,6,10-13H,1-2,4-5,7-9H2,(H,23,26). The summed E-state index contributed by atoms with van der Waals surface area (Å²) in [5.74, 6) is -7.20. The second-order valence-electron chi connectivity index (χ2n) is 15.6. The molecule has 1 aromatic heterocycles. The smallest absolute Gasteiger partial charge is 0.270 e. The highest BCUT2D eigenvalue weighted by Gasteiger charge is 2.55. The zero-order valence-electron chi connectivity index (χ0n) is 31.0. The number of carbonyl (C=O) groups is 4. The minimum absolute atomic E-state index is 0.145. The van der Waals surface area contributed by atoms with Crippen LogP contribution in [0.1, 0.15) is 101 Å². The van der Waals surface area contributed by atoms with Crippen LogP contribution in [0.4, 0.5) is 27.6 Å². The van der Waals surface area contributed by atoms with E-state index in [0.717, 1.165) is 18.4 Å². The topological polar surface area (TPSA) is 146 Å². The Bertz CT molecular complexity index is 1650. The van der Waals surface area contributed by atoms with Crippen LogP contribution in [0, 0.1) is 17.7 Å². The fourth-order valence-corrected chi connectivity index (χ4v) is 7.74. The normalized spacial score (nSPS) is 22.4. The average Bonchev–Trinajstić information content (AvgIpc) is 3.79. The number of benzene rings is 1. The fraction of sp³-hybridized carbons (Fsp3) is 0.658. The molecule has 3 amide bonds. The maximum Gasteiger partial charge on any atom is 0.270 e. The van der Waals surface area contributed by atoms with Gasteiger partial charge >= 0.3 is 0 Å². The highest BCUT2D eigenvalue weighted by atomic mass is 19.3. The van der Waals surface area contributed by atoms with Crippen LogP contribution < -0.4 is 16.0 Å². The molecule has 1 aromatic carbocycles. The monoisotopic (exact) mass is 766 g/mol. The van der Waals surface area contributed by atoms with Crippen molar-refractivity contribution in [2.24, 2.45) is 11.8 Å². The maximum absolute atomic E-state index is 14.4. The van der Waals surface area contributed by atoms with Gasteiger partial charge < -0.3 is 30.8 Å². The summed E-state index contributed by atoms with van der Waals surface area (Å²) in [6.45, 7) is 4.63. The summed E-state index contributed by atoms with van der Waals surface area (Å²) in [6, 6.07) is 4.85. The molecular weight excluding hydrogens is 715 g/mol. The Morgan fingerprint density at radius 2 is 1.63 bits per heavy atom. The summed E-state index contributed by atoms with van der Waals surface area (Å²) < 4.78 is 68.1. The third kappa shape index (κ3) is 9.77. The number of likely N-dealkylation sites (tertiary alicyclic amines) is 1. The zero-order chi connectivity index (χ0) is 39.5. The molecule has 54 heavy (non-hydrogen) atoms. The first-order valence-corrected chi connectivity index (χ1v) is 18.7. The van der Waals surface area contributed by atoms with Crippen LogP contribution in [0.25, 0.3) is 0 Å². The van der Waals surface area contributed by atoms with Crippen molar-refractivity contribution in [3.8, 4) is 0 Å². The summed E-state index contributed by atoms with van der Waals surface area (Å²) in [6.07, 6.45) is 3.94. The Hall–Kier alpha value is -4.08. The number of hydrogen-bond donors (Lipinski definition) is 4. The number of nitrogens with zero attached hydrogens (tertiary/aromatic N) is 3. The molecule has 2 unspecified atom stereocenters. The highest BCUT2D eigenvalue weighted by Crippen LogP contribution is 2.52. The van der Waals surface area contributed by atoms with Gasteiger partial charge in [0.1, 0.15) is 23.8 Å². The van der Waals surface area contributed by atoms with Gasteiger partial charge in [-0.1, -0.05) is 13.0 Å². The van der Waals surface area contributed by atoms with E-state index in [2.05, 4.69) is 21.0 Å². The van der Waals surface area contributed by atoms with Crippen molar-refractivity contribution < 1.29 is 46.2 Å². The molecule has 298 valence electrons. The molecule has 4 N–H and O–H groups in total. The molecule has 1 aliphatic heterocycles. The number of aliphatic hydroxyl groups is 1. The van der Waals surface area contributed by atoms with Gasteiger partial charge in [0.25, 0.3) is 5.91 Å². The lowest BCUT2D eigenvalue weighted by atomic mass is 9.81. The van der Waals surface area contributed by atoms with Crippen LogP contribution >= 0.6 is 0 Å². The average molecular weight is 767 g/mol. The Morgan fingerprint density at radius 1 is 0.981 bits per heavy atom. The Kier molecular flexibility index (Phi) is 12.4. The lowest BCUT2D eigenvalue weighted by Gasteiger charge is -2.39. The first kappa shape index (κ1) is 41.1. The summed E-state index contributed by atoms with van der Waals surface area (Å²) >= 11 is 0. The molecule has 4 aliphatic rings. The van der Waals surface area contributed by atoms with E-state index in [9.17, 15) is 46.2 Å². The third-order valence-electron chi connectivity index (χ3n) is 11.4. The van der Waals surface area contributed by atoms with Crippen LogP contribution in [0.5, 0.6) is 0 Å². The van der Waals surface area contributed by atoms with Crippen LogP contribution in [0.15, 0.2) is 30.5 Å². The molecule has 0 bridgehead atoms. The number of hydrogen-bond acceptors (Lipinski definition) is 7. The lowest BCUT2D eigenvalue weighted by Crippen LogP contribution is -2.57. The molecule has 3 aliphatic carbocycles. The molecule has 3 saturated carbocycles. The van der Waals surface area contributed by atoms with Crippen molar-refractivity contribution in [3.05, 3.63) is 47.5 Å². The number of anilines is 1. The molecular formula is C38H51F5N6O5. The lowest BCUT2D eigenvalue weighted by molar-refractivity contribution is -0.140. The van der Waals surface area contributed by atoms with Gasteiger partial charge in [-0.15, -0.1) is 0 Å². The van der Waals surface area contributed by atoms with Gasteiger partial charge in [0.2, 0.25) is 23.7 Å². The Balaban J connectivity index is 0.000000208. The minimum atomic E-state index is -2.71. The first-order valence-electron chi connectivity index (χ1n) is 18.7. The van der Waals surface area contributed by atoms with Crippen molar-refractivity contribution in [3.63, 3.8) is 0 Å². The Morgan fingerprint density at radius 3 is 2.17 bits per heavy atom. The fourth-order valence-electron chi connectivity index (χ4n) is 7.74. The molecule has 2 atom stereocenters. The quantitative estimate of drug-likeness (QED) is 0.171. The number of rotatable bonds is 12. The van der Waals surface area contributed by atoms with E-state index in [0.29, 0.717) is 37.9 Å². The number of nitrogens with one attached hydrogen (secondary N) is 3. The number of piperidine rings is 1. The molecule has 16 heteroatoms. The van der Waals surface area contributed by atoms with E-state index in [4.69, 9.17) is 0 Å². The number of aromatic nitrogens is 2. The Labute approximate surface area is 311 Å². The predicted octanol–water partition coefficient (Wildman–Crippen LogP) is 5.22. The van der Waals surface area contributed by atoms with E-state index in [1.807, 2.05) is 6.07 Å². The van der Waals surface area contributed by atoms with Gasteiger partial charge in [-0.05, 0) is 81.0 Å². The summed E-state index contributed by atoms with van der Waals surface area (Å²) in [7, 11) is 1.66. The van der Waals surface area contributed by atoms with Crippen LogP contribution in [0.3, 0.4) is 0 Å². The predicted molar refractivity (Wildman–Crippen MR) is 190 cm³/mol. The van der Waals surface area contributed by atoms with Gasteiger partial charge in [-0.3, -0.25) is 19.1 Å². The SMILES string of the molecule is CCC(=O)NC(C(=O)N1CCC(C)(O)CC1)C1(c2ccc(NC)c(F)c2)CC1.O=CC(NC(=O)c1ccnn1CC1CC(F)(F)C1)C1CCC(F)(F)CC1. The highest BCUT2D eigenvalue weighted by molar-refractivity contribution is 5.94. The molecule has 0 spiro atoms. The van der Waals surface area contributed by atoms with Crippen LogP contribution in [-0.2, 0) is 26.3 Å². The van der Waals surface area contributed by atoms with E-state index in [1.165, 1.54) is 23.0 Å². The van der Waals surface area contributed by atoms with Crippen LogP contribution in [0.2, 0.25) is 0 Å². The maximum atomic E-state index is 14.4. The van der Waals surface area contributed by atoms with Gasteiger partial charge in [-0.25, -0.2) is 22.0 Å². The van der Waals surface area contributed by atoms with E-state index < -0.39 is 40.9 Å². The van der Waals surface area contributed by atoms with Gasteiger partial charge in [0.05, 0.1) is 17.3 Å². The van der Waals surface area contributed by atoms with Gasteiger partial charge in [-0.2, -0.15) is 5.10 Å². The second kappa shape index (κ2) is 16.3. The molecule has 4 fully saturated rings. The van der Waals surface area contributed by atoms with Crippen molar-refractivity contribution in [2.45, 2.75) is 126 Å². The number of halogens is 5. The van der Waals surface area contributed by atoms with Crippen molar-refractivity contribution in [2.75, 3.05) is 25.5 Å². The minimum Gasteiger partial charge on any atom is -0.390 e. The molecule has 2 aromatic rings. The number of carbonyl (C=O) groups excluding carboxylic acids is 4. The molecule has 1 saturated heterocycles. The molecule has 11 nitrogen and oxygen atoms in total. The molecule has 0 radical (unpaired) electrons. The summed E-state index contributed by atoms with van der Waals surface area (Å²) in [4.78, 5) is 51.1. The number of amides is 3. The van der Waals surface area contributed by atoms with Crippen molar-refractivity contribution in [1.29, 1.82) is 0 Å². The van der Waals surface area contributed by atoms with Crippen LogP contribution in [-0.4, -0.2) is 93.5 Å². The van der Waals surface area contributed by atoms with E-state index in [1.54, 1.807) is 31.9 Å². The van der Waals surface area contributed by atoms with E-state index in [-0.39, 0.29) is 86.7 Å². The van der Waals surface area contributed by atoms with Gasteiger partial charge in [0, 0.05) is 70.4 Å². The van der Waals surface area contributed by atoms with Crippen molar-refractivity contribution in [1.82, 2.24) is 25.3 Å². The largest absolute Gasteiger partial charge is 0.390 e. The molecule has 6 rings (SSSR count). The van der Waals surface area contributed by atoms with Gasteiger partial charge in [0.15, 0.2) is 0 Å². The summed E-state index contributed by atoms with van der Waals surface area (Å²) in [5, 5.41) is 22.4. The first-order chi connectivity index (χ1) is 25.4. The third-order valence-corrected chi connectivity index (χ3v) is 11.4. The zero-order valence-corrected chi connectivity index (χ0v) is 31.0. The number of aldehydes is 1. The molecule has 2 heterocycles. The van der Waals surface area contributed by atoms with E-state index >= 15 is 0 Å². The number of alkyl halides is 4. The second-order valence-corrected chi connectivity index (χ2v) is 15.6. The van der Waals surface area contributed by atoms with Crippen molar-refractivity contribution >= 4 is 29.7 Å².